The highest BCUT2D eigenvalue weighted by molar-refractivity contribution is 5.85. The van der Waals surface area contributed by atoms with E-state index in [0.29, 0.717) is 44.9 Å². The van der Waals surface area contributed by atoms with Crippen molar-refractivity contribution < 1.29 is 33.4 Å². The molecule has 11 nitrogen and oxygen atoms in total. The second kappa shape index (κ2) is 14.2. The third-order valence-electron chi connectivity index (χ3n) is 6.61. The van der Waals surface area contributed by atoms with Gasteiger partial charge in [-0.05, 0) is 65.7 Å². The summed E-state index contributed by atoms with van der Waals surface area (Å²) in [7, 11) is 0. The first-order chi connectivity index (χ1) is 17.4. The van der Waals surface area contributed by atoms with Crippen LogP contribution >= 0.6 is 0 Å². The van der Waals surface area contributed by atoms with Crippen molar-refractivity contribution in [1.29, 1.82) is 0 Å². The van der Waals surface area contributed by atoms with Crippen molar-refractivity contribution >= 4 is 29.8 Å². The van der Waals surface area contributed by atoms with Crippen molar-refractivity contribution in [3.63, 3.8) is 0 Å². The van der Waals surface area contributed by atoms with Crippen LogP contribution in [0, 0.1) is 11.8 Å². The molecule has 0 bridgehead atoms. The molecule has 1 unspecified atom stereocenters. The van der Waals surface area contributed by atoms with Gasteiger partial charge in [0, 0.05) is 46.1 Å². The number of likely N-dealkylation sites (tertiary alicyclic amines) is 2. The van der Waals surface area contributed by atoms with E-state index in [1.165, 1.54) is 6.92 Å². The summed E-state index contributed by atoms with van der Waals surface area (Å²) < 4.78 is 10.4. The molecule has 210 valence electrons. The van der Waals surface area contributed by atoms with E-state index in [9.17, 15) is 24.0 Å². The number of hydrogen-bond donors (Lipinski definition) is 2. The Hall–Kier alpha value is -2.85. The summed E-state index contributed by atoms with van der Waals surface area (Å²) in [6.45, 7) is 10.8. The van der Waals surface area contributed by atoms with Gasteiger partial charge in [0.25, 0.3) is 0 Å². The van der Waals surface area contributed by atoms with Crippen LogP contribution in [0.4, 0.5) is 4.79 Å². The van der Waals surface area contributed by atoms with Gasteiger partial charge >= 0.3 is 12.1 Å². The maximum Gasteiger partial charge on any atom is 0.410 e. The molecule has 2 aliphatic heterocycles. The fourth-order valence-electron chi connectivity index (χ4n) is 4.66. The lowest BCUT2D eigenvalue weighted by Gasteiger charge is -2.34. The number of carbonyl (C=O) groups is 5. The molecular weight excluding hydrogens is 480 g/mol. The lowest BCUT2D eigenvalue weighted by Crippen LogP contribution is -2.51. The van der Waals surface area contributed by atoms with Crippen LogP contribution in [-0.2, 0) is 28.7 Å². The molecule has 0 aromatic rings. The minimum Gasteiger partial charge on any atom is -0.464 e. The zero-order valence-corrected chi connectivity index (χ0v) is 23.0. The monoisotopic (exact) mass is 524 g/mol. The lowest BCUT2D eigenvalue weighted by molar-refractivity contribution is -0.147. The first-order valence-corrected chi connectivity index (χ1v) is 13.4. The summed E-state index contributed by atoms with van der Waals surface area (Å²) in [5.74, 6) is -1.19. The number of ether oxygens (including phenoxy) is 2. The SMILES string of the molecule is CCOC(=O)C(CNC(=O)[C@@H]1CCCN(C(=O)CCC2CCN(C(=O)OC(C)(C)C)CC2)C1)NC(C)=O. The van der Waals surface area contributed by atoms with Crippen molar-refractivity contribution in [2.24, 2.45) is 11.8 Å². The highest BCUT2D eigenvalue weighted by Gasteiger charge is 2.31. The summed E-state index contributed by atoms with van der Waals surface area (Å²) in [5.41, 5.74) is -0.516. The Morgan fingerprint density at radius 2 is 1.68 bits per heavy atom. The van der Waals surface area contributed by atoms with Crippen molar-refractivity contribution in [1.82, 2.24) is 20.4 Å². The van der Waals surface area contributed by atoms with Crippen LogP contribution in [0.25, 0.3) is 0 Å². The standard InChI is InChI=1S/C26H44N4O7/c1-6-36-24(34)21(28-18(2)31)16-27-23(33)20-8-7-13-30(17-20)22(32)10-9-19-11-14-29(15-12-19)25(35)37-26(3,4)5/h19-21H,6-17H2,1-5H3,(H,27,33)(H,28,31)/t20-,21?/m1/s1. The molecule has 0 saturated carbocycles. The topological polar surface area (TPSA) is 134 Å². The number of rotatable bonds is 9. The summed E-state index contributed by atoms with van der Waals surface area (Å²) in [5, 5.41) is 5.23. The molecule has 2 fully saturated rings. The van der Waals surface area contributed by atoms with Crippen molar-refractivity contribution in [3.8, 4) is 0 Å². The second-order valence-corrected chi connectivity index (χ2v) is 10.9. The summed E-state index contributed by atoms with van der Waals surface area (Å²) in [6.07, 6.45) is 3.95. The van der Waals surface area contributed by atoms with Gasteiger partial charge in [-0.15, -0.1) is 0 Å². The molecule has 2 N–H and O–H groups in total. The van der Waals surface area contributed by atoms with Crippen LogP contribution in [-0.4, -0.2) is 90.6 Å². The van der Waals surface area contributed by atoms with Gasteiger partial charge in [0.1, 0.15) is 11.6 Å². The molecule has 0 radical (unpaired) electrons. The van der Waals surface area contributed by atoms with Gasteiger partial charge in [-0.3, -0.25) is 14.4 Å². The first kappa shape index (κ1) is 30.4. The molecule has 4 amide bonds. The fraction of sp³-hybridized carbons (Fsp3) is 0.808. The number of piperidine rings is 2. The summed E-state index contributed by atoms with van der Waals surface area (Å²) in [6, 6.07) is -0.954. The Kier molecular flexibility index (Phi) is 11.6. The highest BCUT2D eigenvalue weighted by Crippen LogP contribution is 2.25. The van der Waals surface area contributed by atoms with E-state index >= 15 is 0 Å². The molecule has 0 aromatic carbocycles. The molecule has 0 spiro atoms. The predicted molar refractivity (Wildman–Crippen MR) is 136 cm³/mol. The van der Waals surface area contributed by atoms with Crippen LogP contribution in [0.1, 0.15) is 73.1 Å². The van der Waals surface area contributed by atoms with E-state index in [1.807, 2.05) is 20.8 Å². The molecule has 2 heterocycles. The highest BCUT2D eigenvalue weighted by atomic mass is 16.6. The summed E-state index contributed by atoms with van der Waals surface area (Å²) in [4.78, 5) is 64.8. The van der Waals surface area contributed by atoms with Crippen LogP contribution in [0.5, 0.6) is 0 Å². The van der Waals surface area contributed by atoms with E-state index in [4.69, 9.17) is 9.47 Å². The molecule has 2 atom stereocenters. The summed E-state index contributed by atoms with van der Waals surface area (Å²) >= 11 is 0. The molecule has 2 rings (SSSR count). The zero-order chi connectivity index (χ0) is 27.6. The van der Waals surface area contributed by atoms with Crippen molar-refractivity contribution in [2.45, 2.75) is 84.8 Å². The number of nitrogens with zero attached hydrogens (tertiary/aromatic N) is 2. The van der Waals surface area contributed by atoms with Crippen molar-refractivity contribution in [2.75, 3.05) is 39.3 Å². The quantitative estimate of drug-likeness (QED) is 0.440. The van der Waals surface area contributed by atoms with Crippen molar-refractivity contribution in [3.05, 3.63) is 0 Å². The molecule has 37 heavy (non-hydrogen) atoms. The van der Waals surface area contributed by atoms with Gasteiger partial charge < -0.3 is 29.9 Å². The van der Waals surface area contributed by atoms with Gasteiger partial charge in [-0.2, -0.15) is 0 Å². The maximum absolute atomic E-state index is 12.9. The largest absolute Gasteiger partial charge is 0.464 e. The second-order valence-electron chi connectivity index (χ2n) is 10.9. The smallest absolute Gasteiger partial charge is 0.410 e. The Labute approximate surface area is 220 Å². The van der Waals surface area contributed by atoms with Gasteiger partial charge in [0.05, 0.1) is 12.5 Å². The third kappa shape index (κ3) is 10.6. The maximum atomic E-state index is 12.9. The number of nitrogens with one attached hydrogen (secondary N) is 2. The normalized spacial score (nSPS) is 19.5. The third-order valence-corrected chi connectivity index (χ3v) is 6.61. The van der Waals surface area contributed by atoms with Crippen LogP contribution in [0.2, 0.25) is 0 Å². The van der Waals surface area contributed by atoms with Crippen LogP contribution < -0.4 is 10.6 Å². The Bertz CT molecular complexity index is 818. The van der Waals surface area contributed by atoms with Gasteiger partial charge in [-0.25, -0.2) is 9.59 Å². The van der Waals surface area contributed by atoms with E-state index in [2.05, 4.69) is 10.6 Å². The minimum absolute atomic E-state index is 0.0368. The molecular formula is C26H44N4O7. The average Bonchev–Trinajstić information content (AvgIpc) is 2.84. The minimum atomic E-state index is -0.954. The Morgan fingerprint density at radius 3 is 2.27 bits per heavy atom. The number of esters is 1. The van der Waals surface area contributed by atoms with E-state index in [0.717, 1.165) is 25.7 Å². The number of amides is 4. The predicted octanol–water partition coefficient (Wildman–Crippen LogP) is 1.84. The fourth-order valence-corrected chi connectivity index (χ4v) is 4.66. The lowest BCUT2D eigenvalue weighted by atomic mass is 9.91. The van der Waals surface area contributed by atoms with E-state index in [1.54, 1.807) is 16.7 Å². The van der Waals surface area contributed by atoms with Gasteiger partial charge in [0.2, 0.25) is 17.7 Å². The molecule has 0 aliphatic carbocycles. The number of hydrogen-bond acceptors (Lipinski definition) is 7. The van der Waals surface area contributed by atoms with E-state index < -0.39 is 23.5 Å². The number of carbonyl (C=O) groups excluding carboxylic acids is 5. The average molecular weight is 525 g/mol. The van der Waals surface area contributed by atoms with Crippen LogP contribution in [0.3, 0.4) is 0 Å². The molecule has 0 aromatic heterocycles. The Balaban J connectivity index is 1.76. The Morgan fingerprint density at radius 1 is 1.00 bits per heavy atom. The van der Waals surface area contributed by atoms with Gasteiger partial charge in [0.15, 0.2) is 0 Å². The molecule has 11 heteroatoms. The molecule has 2 saturated heterocycles. The zero-order valence-electron chi connectivity index (χ0n) is 23.0. The van der Waals surface area contributed by atoms with Crippen LogP contribution in [0.15, 0.2) is 0 Å². The van der Waals surface area contributed by atoms with Gasteiger partial charge in [-0.1, -0.05) is 0 Å². The van der Waals surface area contributed by atoms with E-state index in [-0.39, 0.29) is 37.0 Å². The molecule has 2 aliphatic rings. The first-order valence-electron chi connectivity index (χ1n) is 13.4.